The summed E-state index contributed by atoms with van der Waals surface area (Å²) in [5.74, 6) is -1.30. The number of rotatable bonds is 13. The van der Waals surface area contributed by atoms with E-state index < -0.39 is 39.5 Å². The van der Waals surface area contributed by atoms with Crippen LogP contribution in [-0.2, 0) is 40.4 Å². The fraction of sp³-hybridized carbons (Fsp3) is 0.667. The molecule has 0 radical (unpaired) electrons. The Morgan fingerprint density at radius 2 is 1.68 bits per heavy atom. The van der Waals surface area contributed by atoms with Crippen LogP contribution in [0.1, 0.15) is 72.3 Å². The molecule has 0 saturated carbocycles. The number of hydrogen-bond donors (Lipinski definition) is 3. The van der Waals surface area contributed by atoms with E-state index in [-0.39, 0.29) is 42.0 Å². The molecule has 1 aromatic carbocycles. The molecule has 0 aromatic heterocycles. The molecule has 2 saturated heterocycles. The van der Waals surface area contributed by atoms with Crippen molar-refractivity contribution in [1.82, 2.24) is 19.8 Å². The highest BCUT2D eigenvalue weighted by molar-refractivity contribution is 7.88. The van der Waals surface area contributed by atoms with E-state index in [1.807, 2.05) is 35.2 Å². The maximum atomic E-state index is 13.6. The molecule has 262 valence electrons. The maximum Gasteiger partial charge on any atom is 0.308 e. The molecular weight excluding hydrogens is 624 g/mol. The van der Waals surface area contributed by atoms with Crippen LogP contribution in [0.25, 0.3) is 0 Å². The van der Waals surface area contributed by atoms with E-state index in [4.69, 9.17) is 10.5 Å². The zero-order valence-corrected chi connectivity index (χ0v) is 29.3. The van der Waals surface area contributed by atoms with E-state index in [0.717, 1.165) is 24.7 Å². The number of carbonyl (C=O) groups excluding carboxylic acids is 4. The van der Waals surface area contributed by atoms with Gasteiger partial charge < -0.3 is 25.6 Å². The van der Waals surface area contributed by atoms with Crippen LogP contribution in [0.3, 0.4) is 0 Å². The summed E-state index contributed by atoms with van der Waals surface area (Å²) in [6, 6.07) is 7.48. The molecular formula is C33H52N6O7S. The minimum atomic E-state index is -3.67. The van der Waals surface area contributed by atoms with Crippen LogP contribution in [0.5, 0.6) is 0 Å². The summed E-state index contributed by atoms with van der Waals surface area (Å²) in [6.07, 6.45) is 3.67. The summed E-state index contributed by atoms with van der Waals surface area (Å²) < 4.78 is 32.0. The first-order valence-corrected chi connectivity index (χ1v) is 18.3. The number of piperidine rings is 1. The predicted octanol–water partition coefficient (Wildman–Crippen LogP) is 1.81. The molecule has 2 aliphatic rings. The number of nitrogens with zero attached hydrogens (tertiary/aromatic N) is 3. The van der Waals surface area contributed by atoms with Crippen LogP contribution in [0.15, 0.2) is 35.3 Å². The van der Waals surface area contributed by atoms with Crippen LogP contribution >= 0.6 is 0 Å². The number of nitrogens with one attached hydrogen (secondary N) is 2. The van der Waals surface area contributed by atoms with Gasteiger partial charge in [0.05, 0.1) is 12.2 Å². The molecule has 0 bridgehead atoms. The summed E-state index contributed by atoms with van der Waals surface area (Å²) >= 11 is 0. The molecule has 1 aromatic rings. The summed E-state index contributed by atoms with van der Waals surface area (Å²) in [4.78, 5) is 59.2. The van der Waals surface area contributed by atoms with Gasteiger partial charge in [0.15, 0.2) is 5.96 Å². The topological polar surface area (TPSA) is 181 Å². The first kappa shape index (κ1) is 37.9. The van der Waals surface area contributed by atoms with Gasteiger partial charge in [0.1, 0.15) is 18.2 Å². The summed E-state index contributed by atoms with van der Waals surface area (Å²) in [6.45, 7) is 10.7. The fourth-order valence-electron chi connectivity index (χ4n) is 6.03. The van der Waals surface area contributed by atoms with E-state index in [1.165, 1.54) is 4.90 Å². The lowest BCUT2D eigenvalue weighted by Gasteiger charge is -2.33. The van der Waals surface area contributed by atoms with Gasteiger partial charge in [-0.2, -0.15) is 4.99 Å². The van der Waals surface area contributed by atoms with Crippen molar-refractivity contribution in [3.8, 4) is 0 Å². The molecule has 47 heavy (non-hydrogen) atoms. The van der Waals surface area contributed by atoms with Gasteiger partial charge in [0.25, 0.3) is 5.91 Å². The average Bonchev–Trinajstić information content (AvgIpc) is 3.49. The predicted molar refractivity (Wildman–Crippen MR) is 179 cm³/mol. The van der Waals surface area contributed by atoms with Gasteiger partial charge in [-0.1, -0.05) is 58.0 Å². The number of benzene rings is 1. The van der Waals surface area contributed by atoms with Crippen LogP contribution in [0.4, 0.5) is 0 Å². The summed E-state index contributed by atoms with van der Waals surface area (Å²) in [7, 11) is -3.67. The average molecular weight is 677 g/mol. The van der Waals surface area contributed by atoms with E-state index in [1.54, 1.807) is 34.6 Å². The van der Waals surface area contributed by atoms with Gasteiger partial charge in [-0.15, -0.1) is 0 Å². The Morgan fingerprint density at radius 1 is 1.04 bits per heavy atom. The minimum absolute atomic E-state index is 0.144. The van der Waals surface area contributed by atoms with Crippen molar-refractivity contribution in [2.75, 3.05) is 32.4 Å². The second-order valence-electron chi connectivity index (χ2n) is 13.8. The van der Waals surface area contributed by atoms with Crippen LogP contribution < -0.4 is 15.8 Å². The number of guanidine groups is 1. The number of carbonyl (C=O) groups is 4. The molecule has 3 amide bonds. The molecule has 2 heterocycles. The van der Waals surface area contributed by atoms with Crippen LogP contribution in [0.2, 0.25) is 0 Å². The zero-order valence-electron chi connectivity index (χ0n) is 28.5. The van der Waals surface area contributed by atoms with Gasteiger partial charge >= 0.3 is 5.97 Å². The smallest absolute Gasteiger partial charge is 0.308 e. The van der Waals surface area contributed by atoms with E-state index in [9.17, 15) is 27.6 Å². The van der Waals surface area contributed by atoms with Crippen molar-refractivity contribution in [2.24, 2.45) is 28.0 Å². The normalized spacial score (nSPS) is 19.4. The number of esters is 1. The van der Waals surface area contributed by atoms with Crippen molar-refractivity contribution in [1.29, 1.82) is 0 Å². The minimum Gasteiger partial charge on any atom is -0.462 e. The Hall–Kier alpha value is -3.52. The van der Waals surface area contributed by atoms with Crippen LogP contribution in [-0.4, -0.2) is 98.5 Å². The molecule has 3 rings (SSSR count). The Bertz CT molecular complexity index is 1390. The van der Waals surface area contributed by atoms with Crippen LogP contribution in [0, 0.1) is 17.3 Å². The van der Waals surface area contributed by atoms with Gasteiger partial charge in [-0.25, -0.2) is 13.1 Å². The highest BCUT2D eigenvalue weighted by Gasteiger charge is 2.38. The van der Waals surface area contributed by atoms with Crippen molar-refractivity contribution < 1.29 is 32.3 Å². The third-order valence-corrected chi connectivity index (χ3v) is 9.37. The first-order valence-electron chi connectivity index (χ1n) is 16.4. The molecule has 4 N–H and O–H groups in total. The van der Waals surface area contributed by atoms with E-state index in [2.05, 4.69) is 15.0 Å². The molecule has 2 aliphatic heterocycles. The molecule has 13 nitrogen and oxygen atoms in total. The molecule has 0 aliphatic carbocycles. The lowest BCUT2D eigenvalue weighted by atomic mass is 9.86. The number of ether oxygens (including phenoxy) is 1. The summed E-state index contributed by atoms with van der Waals surface area (Å²) in [5, 5.41) is 3.01. The molecule has 2 fully saturated rings. The fourth-order valence-corrected chi connectivity index (χ4v) is 6.73. The maximum absolute atomic E-state index is 13.6. The number of nitrogens with two attached hydrogens (primary N) is 1. The number of sulfonamides is 1. The Morgan fingerprint density at radius 3 is 2.28 bits per heavy atom. The number of aliphatic imine (C=N–C) groups is 1. The standard InChI is InChI=1S/C33H52N6O7S/c1-22(2)30(42)46-23(3)20-33(4,5)31(43)36-32(34)38-17-14-25(15-18-38)21-35-28(40)27-13-10-16-39(27)29(41)26(37-47(6,44)45)19-24-11-8-7-9-12-24/h7-9,11-12,22-23,25-27,37H,10,13-21H2,1-6H3,(H,35,40)(H2,34,36,43)/t23?,26-,27+/m1/s1. The second kappa shape index (κ2) is 16.5. The van der Waals surface area contributed by atoms with Crippen molar-refractivity contribution in [3.63, 3.8) is 0 Å². The van der Waals surface area contributed by atoms with Gasteiger partial charge in [0, 0.05) is 31.6 Å². The number of amides is 3. The third-order valence-electron chi connectivity index (χ3n) is 8.66. The largest absolute Gasteiger partial charge is 0.462 e. The van der Waals surface area contributed by atoms with Crippen molar-refractivity contribution in [3.05, 3.63) is 35.9 Å². The monoisotopic (exact) mass is 676 g/mol. The molecule has 3 atom stereocenters. The van der Waals surface area contributed by atoms with Crippen molar-refractivity contribution >= 4 is 39.7 Å². The Labute approximate surface area is 279 Å². The third kappa shape index (κ3) is 11.6. The molecule has 0 spiro atoms. The SMILES string of the molecule is CC(CC(C)(C)C(=O)/N=C(/N)N1CCC(CNC(=O)[C@@H]2CCCN2C(=O)[C@@H](Cc2ccccc2)NS(C)(=O)=O)CC1)OC(=O)C(C)C. The van der Waals surface area contributed by atoms with Gasteiger partial charge in [0.2, 0.25) is 21.8 Å². The van der Waals surface area contributed by atoms with Gasteiger partial charge in [-0.05, 0) is 56.9 Å². The van der Waals surface area contributed by atoms with E-state index >= 15 is 0 Å². The highest BCUT2D eigenvalue weighted by atomic mass is 32.2. The Kier molecular flexibility index (Phi) is 13.3. The molecule has 1 unspecified atom stereocenters. The van der Waals surface area contributed by atoms with Crippen molar-refractivity contribution in [2.45, 2.75) is 91.3 Å². The molecule has 14 heteroatoms. The first-order chi connectivity index (χ1) is 22.0. The lowest BCUT2D eigenvalue weighted by molar-refractivity contribution is -0.154. The summed E-state index contributed by atoms with van der Waals surface area (Å²) in [5.41, 5.74) is 6.16. The van der Waals surface area contributed by atoms with Gasteiger partial charge in [-0.3, -0.25) is 19.2 Å². The lowest BCUT2D eigenvalue weighted by Crippen LogP contribution is -2.54. The zero-order chi connectivity index (χ0) is 34.9. The van der Waals surface area contributed by atoms with E-state index in [0.29, 0.717) is 45.4 Å². The second-order valence-corrected chi connectivity index (χ2v) is 15.5. The highest BCUT2D eigenvalue weighted by Crippen LogP contribution is 2.27. The Balaban J connectivity index is 1.51. The number of likely N-dealkylation sites (tertiary alicyclic amines) is 2. The quantitative estimate of drug-likeness (QED) is 0.160. The number of hydrogen-bond acceptors (Lipinski definition) is 7.